The minimum absolute atomic E-state index is 0.668. The maximum atomic E-state index is 11.8. The van der Waals surface area contributed by atoms with Crippen molar-refractivity contribution < 1.29 is 13.0 Å². The van der Waals surface area contributed by atoms with E-state index in [1.54, 1.807) is 12.1 Å². The number of benzene rings is 2. The summed E-state index contributed by atoms with van der Waals surface area (Å²) in [6.45, 7) is 1.99. The van der Waals surface area contributed by atoms with Gasteiger partial charge in [0.25, 0.3) is 10.1 Å². The van der Waals surface area contributed by atoms with Crippen LogP contribution in [0.3, 0.4) is 0 Å². The van der Waals surface area contributed by atoms with Crippen LogP contribution in [0.4, 0.5) is 0 Å². The molecule has 3 nitrogen and oxygen atoms in total. The molecule has 0 saturated heterocycles. The third kappa shape index (κ3) is 1.79. The van der Waals surface area contributed by atoms with Crippen LogP contribution in [0.15, 0.2) is 42.5 Å². The molecular formula is C15H14O3S. The van der Waals surface area contributed by atoms with Crippen molar-refractivity contribution in [3.05, 3.63) is 59.2 Å². The van der Waals surface area contributed by atoms with E-state index in [-0.39, 0.29) is 0 Å². The Balaban J connectivity index is 2.41. The van der Waals surface area contributed by atoms with Gasteiger partial charge in [0.15, 0.2) is 0 Å². The van der Waals surface area contributed by atoms with Crippen molar-refractivity contribution in [1.29, 1.82) is 0 Å². The first-order chi connectivity index (χ1) is 9.04. The van der Waals surface area contributed by atoms with Gasteiger partial charge in [-0.05, 0) is 34.2 Å². The Kier molecular flexibility index (Phi) is 2.73. The lowest BCUT2D eigenvalue weighted by molar-refractivity contribution is 0.476. The summed E-state index contributed by atoms with van der Waals surface area (Å²) in [7, 11) is -4.16. The van der Waals surface area contributed by atoms with Crippen molar-refractivity contribution in [3.63, 3.8) is 0 Å². The van der Waals surface area contributed by atoms with Crippen LogP contribution in [0.5, 0.6) is 0 Å². The number of hydrogen-bond donors (Lipinski definition) is 1. The molecular weight excluding hydrogens is 260 g/mol. The second kappa shape index (κ2) is 4.18. The van der Waals surface area contributed by atoms with Gasteiger partial charge in [0.1, 0.15) is 5.25 Å². The fraction of sp³-hybridized carbons (Fsp3) is 0.200. The average Bonchev–Trinajstić information content (AvgIpc) is 2.72. The molecule has 0 aliphatic heterocycles. The van der Waals surface area contributed by atoms with Crippen LogP contribution in [0, 0.1) is 0 Å². The Labute approximate surface area is 112 Å². The number of aryl methyl sites for hydroxylation is 1. The second-order valence-electron chi connectivity index (χ2n) is 4.71. The van der Waals surface area contributed by atoms with Crippen LogP contribution < -0.4 is 0 Å². The highest BCUT2D eigenvalue weighted by atomic mass is 32.2. The molecule has 19 heavy (non-hydrogen) atoms. The summed E-state index contributed by atoms with van der Waals surface area (Å²) in [6, 6.07) is 13.1. The molecule has 2 aromatic carbocycles. The van der Waals surface area contributed by atoms with Crippen LogP contribution in [-0.2, 0) is 16.5 Å². The molecule has 0 saturated carbocycles. The van der Waals surface area contributed by atoms with Crippen molar-refractivity contribution in [1.82, 2.24) is 0 Å². The van der Waals surface area contributed by atoms with Crippen molar-refractivity contribution in [2.75, 3.05) is 0 Å². The van der Waals surface area contributed by atoms with E-state index in [9.17, 15) is 13.0 Å². The van der Waals surface area contributed by atoms with E-state index in [4.69, 9.17) is 0 Å². The van der Waals surface area contributed by atoms with Gasteiger partial charge in [-0.1, -0.05) is 49.4 Å². The molecule has 0 aromatic heterocycles. The van der Waals surface area contributed by atoms with Crippen LogP contribution >= 0.6 is 0 Å². The minimum Gasteiger partial charge on any atom is -0.285 e. The fourth-order valence-electron chi connectivity index (χ4n) is 2.90. The lowest BCUT2D eigenvalue weighted by Gasteiger charge is -2.13. The molecule has 1 aliphatic rings. The topological polar surface area (TPSA) is 54.4 Å². The summed E-state index contributed by atoms with van der Waals surface area (Å²) in [5, 5.41) is -0.949. The maximum Gasteiger partial charge on any atom is 0.276 e. The SMILES string of the molecule is CCc1cccc2c1C(S(=O)(=O)O)c1ccccc1-2. The second-order valence-corrected chi connectivity index (χ2v) is 6.22. The van der Waals surface area contributed by atoms with Crippen molar-refractivity contribution in [2.24, 2.45) is 0 Å². The normalized spacial score (nSPS) is 17.1. The zero-order valence-corrected chi connectivity index (χ0v) is 11.3. The van der Waals surface area contributed by atoms with E-state index >= 15 is 0 Å². The van der Waals surface area contributed by atoms with Gasteiger partial charge in [0, 0.05) is 0 Å². The Morgan fingerprint density at radius 3 is 2.42 bits per heavy atom. The monoisotopic (exact) mass is 274 g/mol. The third-order valence-electron chi connectivity index (χ3n) is 3.67. The third-order valence-corrected chi connectivity index (χ3v) is 4.76. The first-order valence-electron chi connectivity index (χ1n) is 6.21. The van der Waals surface area contributed by atoms with E-state index in [1.807, 2.05) is 37.3 Å². The zero-order chi connectivity index (χ0) is 13.6. The highest BCUT2D eigenvalue weighted by molar-refractivity contribution is 7.86. The summed E-state index contributed by atoms with van der Waals surface area (Å²) in [6.07, 6.45) is 0.739. The molecule has 2 aromatic rings. The first kappa shape index (κ1) is 12.4. The molecule has 1 N–H and O–H groups in total. The standard InChI is InChI=1S/C15H14O3S/c1-2-10-6-5-9-12-11-7-3-4-8-13(11)15(14(10)12)19(16,17)18/h3-9,15H,2H2,1H3,(H,16,17,18). The van der Waals surface area contributed by atoms with Gasteiger partial charge in [-0.3, -0.25) is 4.55 Å². The number of rotatable bonds is 2. The summed E-state index contributed by atoms with van der Waals surface area (Å²) >= 11 is 0. The first-order valence-corrected chi connectivity index (χ1v) is 7.71. The van der Waals surface area contributed by atoms with Gasteiger partial charge in [-0.2, -0.15) is 8.42 Å². The van der Waals surface area contributed by atoms with E-state index in [2.05, 4.69) is 0 Å². The molecule has 1 aliphatic carbocycles. The van der Waals surface area contributed by atoms with Crippen LogP contribution in [0.2, 0.25) is 0 Å². The Morgan fingerprint density at radius 1 is 1.05 bits per heavy atom. The highest BCUT2D eigenvalue weighted by Gasteiger charge is 2.38. The van der Waals surface area contributed by atoms with Gasteiger partial charge in [-0.15, -0.1) is 0 Å². The molecule has 0 bridgehead atoms. The maximum absolute atomic E-state index is 11.8. The van der Waals surface area contributed by atoms with Gasteiger partial charge in [0.05, 0.1) is 0 Å². The zero-order valence-electron chi connectivity index (χ0n) is 10.5. The van der Waals surface area contributed by atoms with Gasteiger partial charge in [-0.25, -0.2) is 0 Å². The molecule has 0 fully saturated rings. The Morgan fingerprint density at radius 2 is 1.74 bits per heavy atom. The smallest absolute Gasteiger partial charge is 0.276 e. The Bertz CT molecular complexity index is 748. The molecule has 3 rings (SSSR count). The Hall–Kier alpha value is -1.65. The average molecular weight is 274 g/mol. The molecule has 4 heteroatoms. The van der Waals surface area contributed by atoms with E-state index < -0.39 is 15.4 Å². The lowest BCUT2D eigenvalue weighted by atomic mass is 10.00. The van der Waals surface area contributed by atoms with Crippen LogP contribution in [0.25, 0.3) is 11.1 Å². The minimum atomic E-state index is -4.16. The van der Waals surface area contributed by atoms with Crippen molar-refractivity contribution in [3.8, 4) is 11.1 Å². The predicted octanol–water partition coefficient (Wildman–Crippen LogP) is 3.21. The largest absolute Gasteiger partial charge is 0.285 e. The summed E-state index contributed by atoms with van der Waals surface area (Å²) < 4.78 is 33.2. The van der Waals surface area contributed by atoms with Gasteiger partial charge >= 0.3 is 0 Å². The van der Waals surface area contributed by atoms with Gasteiger partial charge < -0.3 is 0 Å². The number of hydrogen-bond acceptors (Lipinski definition) is 2. The van der Waals surface area contributed by atoms with Crippen molar-refractivity contribution in [2.45, 2.75) is 18.6 Å². The lowest BCUT2D eigenvalue weighted by Crippen LogP contribution is -2.12. The van der Waals surface area contributed by atoms with E-state index in [0.29, 0.717) is 5.56 Å². The quantitative estimate of drug-likeness (QED) is 0.855. The predicted molar refractivity (Wildman–Crippen MR) is 74.6 cm³/mol. The summed E-state index contributed by atoms with van der Waals surface area (Å²) in [4.78, 5) is 0. The molecule has 98 valence electrons. The molecule has 0 radical (unpaired) electrons. The summed E-state index contributed by atoms with van der Waals surface area (Å²) in [5.41, 5.74) is 4.18. The van der Waals surface area contributed by atoms with E-state index in [1.165, 1.54) is 0 Å². The number of fused-ring (bicyclic) bond motifs is 3. The fourth-order valence-corrected chi connectivity index (χ4v) is 4.00. The highest BCUT2D eigenvalue weighted by Crippen LogP contribution is 2.48. The molecule has 0 amide bonds. The molecule has 0 heterocycles. The molecule has 1 atom stereocenters. The van der Waals surface area contributed by atoms with Crippen LogP contribution in [0.1, 0.15) is 28.9 Å². The van der Waals surface area contributed by atoms with Gasteiger partial charge in [0.2, 0.25) is 0 Å². The molecule has 0 spiro atoms. The van der Waals surface area contributed by atoms with Crippen molar-refractivity contribution >= 4 is 10.1 Å². The van der Waals surface area contributed by atoms with E-state index in [0.717, 1.165) is 28.7 Å². The summed E-state index contributed by atoms with van der Waals surface area (Å²) in [5.74, 6) is 0. The van der Waals surface area contributed by atoms with Crippen LogP contribution in [-0.4, -0.2) is 13.0 Å². The molecule has 1 unspecified atom stereocenters.